The summed E-state index contributed by atoms with van der Waals surface area (Å²) in [5.74, 6) is 0.714. The molecule has 4 nitrogen and oxygen atoms in total. The van der Waals surface area contributed by atoms with Crippen molar-refractivity contribution in [2.24, 2.45) is 5.73 Å². The van der Waals surface area contributed by atoms with Crippen LogP contribution < -0.4 is 5.73 Å². The number of halogens is 1. The second kappa shape index (κ2) is 4.64. The number of aliphatic hydroxyl groups is 1. The first-order chi connectivity index (χ1) is 6.19. The summed E-state index contributed by atoms with van der Waals surface area (Å²) in [5, 5.41) is 9.48. The molecule has 1 aromatic rings. The number of aromatic nitrogens is 2. The molecule has 0 fully saturated rings. The second-order valence-electron chi connectivity index (χ2n) is 2.62. The number of rotatable bonds is 3. The summed E-state index contributed by atoms with van der Waals surface area (Å²) in [6.45, 7) is 2.13. The number of nitrogens with zero attached hydrogens (tertiary/aromatic N) is 2. The van der Waals surface area contributed by atoms with Crippen LogP contribution in [-0.2, 0) is 6.42 Å². The molecule has 0 saturated carbocycles. The van der Waals surface area contributed by atoms with Gasteiger partial charge in [-0.1, -0.05) is 6.92 Å². The molecule has 0 radical (unpaired) electrons. The van der Waals surface area contributed by atoms with E-state index in [-0.39, 0.29) is 6.54 Å². The zero-order valence-electron chi connectivity index (χ0n) is 7.37. The Morgan fingerprint density at radius 1 is 1.69 bits per heavy atom. The minimum atomic E-state index is -0.720. The van der Waals surface area contributed by atoms with Crippen LogP contribution in [0.1, 0.15) is 24.5 Å². The minimum Gasteiger partial charge on any atom is -0.385 e. The van der Waals surface area contributed by atoms with Crippen LogP contribution in [0.4, 0.5) is 0 Å². The number of hydrogen-bond acceptors (Lipinski definition) is 4. The van der Waals surface area contributed by atoms with Crippen LogP contribution in [0.25, 0.3) is 0 Å². The van der Waals surface area contributed by atoms with Crippen molar-refractivity contribution in [2.75, 3.05) is 6.54 Å². The number of aliphatic hydroxyl groups excluding tert-OH is 1. The molecule has 5 heteroatoms. The Kier molecular flexibility index (Phi) is 3.77. The lowest BCUT2D eigenvalue weighted by Crippen LogP contribution is -2.14. The van der Waals surface area contributed by atoms with Crippen LogP contribution in [0, 0.1) is 0 Å². The van der Waals surface area contributed by atoms with E-state index in [2.05, 4.69) is 25.9 Å². The van der Waals surface area contributed by atoms with Crippen molar-refractivity contribution in [2.45, 2.75) is 19.4 Å². The van der Waals surface area contributed by atoms with E-state index in [1.54, 1.807) is 6.20 Å². The van der Waals surface area contributed by atoms with Crippen LogP contribution >= 0.6 is 15.9 Å². The third-order valence-corrected chi connectivity index (χ3v) is 2.29. The molecule has 3 N–H and O–H groups in total. The largest absolute Gasteiger partial charge is 0.385 e. The van der Waals surface area contributed by atoms with Crippen molar-refractivity contribution in [1.82, 2.24) is 9.97 Å². The Morgan fingerprint density at radius 2 is 2.38 bits per heavy atom. The molecule has 0 spiro atoms. The highest BCUT2D eigenvalue weighted by atomic mass is 79.9. The lowest BCUT2D eigenvalue weighted by atomic mass is 10.2. The van der Waals surface area contributed by atoms with Gasteiger partial charge in [-0.25, -0.2) is 9.97 Å². The molecule has 1 aromatic heterocycles. The standard InChI is InChI=1S/C8H12BrN3O/c1-2-7-11-4-5(9)8(12-7)6(13)3-10/h4,6,13H,2-3,10H2,1H3. The van der Waals surface area contributed by atoms with Gasteiger partial charge in [0, 0.05) is 19.2 Å². The summed E-state index contributed by atoms with van der Waals surface area (Å²) < 4.78 is 0.697. The molecular formula is C8H12BrN3O. The van der Waals surface area contributed by atoms with E-state index in [0.717, 1.165) is 6.42 Å². The van der Waals surface area contributed by atoms with E-state index in [0.29, 0.717) is 16.0 Å². The van der Waals surface area contributed by atoms with Gasteiger partial charge in [0.2, 0.25) is 0 Å². The average molecular weight is 246 g/mol. The van der Waals surface area contributed by atoms with Crippen molar-refractivity contribution >= 4 is 15.9 Å². The summed E-state index contributed by atoms with van der Waals surface area (Å²) in [5.41, 5.74) is 5.90. The van der Waals surface area contributed by atoms with Crippen molar-refractivity contribution in [1.29, 1.82) is 0 Å². The van der Waals surface area contributed by atoms with Crippen LogP contribution in [0.2, 0.25) is 0 Å². The Morgan fingerprint density at radius 3 is 2.92 bits per heavy atom. The van der Waals surface area contributed by atoms with Crippen molar-refractivity contribution in [3.8, 4) is 0 Å². The fraction of sp³-hybridized carbons (Fsp3) is 0.500. The van der Waals surface area contributed by atoms with Crippen molar-refractivity contribution in [3.05, 3.63) is 22.2 Å². The molecule has 72 valence electrons. The summed E-state index contributed by atoms with van der Waals surface area (Å²) in [4.78, 5) is 8.24. The summed E-state index contributed by atoms with van der Waals surface area (Å²) >= 11 is 3.26. The number of nitrogens with two attached hydrogens (primary N) is 1. The van der Waals surface area contributed by atoms with Gasteiger partial charge in [0.1, 0.15) is 11.9 Å². The molecule has 0 aliphatic heterocycles. The third-order valence-electron chi connectivity index (χ3n) is 1.68. The van der Waals surface area contributed by atoms with Gasteiger partial charge in [-0.15, -0.1) is 0 Å². The molecule has 1 unspecified atom stereocenters. The first-order valence-corrected chi connectivity index (χ1v) is 4.87. The van der Waals surface area contributed by atoms with Crippen LogP contribution in [0.3, 0.4) is 0 Å². The highest BCUT2D eigenvalue weighted by Gasteiger charge is 2.12. The highest BCUT2D eigenvalue weighted by Crippen LogP contribution is 2.19. The van der Waals surface area contributed by atoms with E-state index < -0.39 is 6.10 Å². The van der Waals surface area contributed by atoms with Gasteiger partial charge in [-0.2, -0.15) is 0 Å². The van der Waals surface area contributed by atoms with E-state index in [1.807, 2.05) is 6.92 Å². The molecular weight excluding hydrogens is 234 g/mol. The monoisotopic (exact) mass is 245 g/mol. The number of hydrogen-bond donors (Lipinski definition) is 2. The smallest absolute Gasteiger partial charge is 0.128 e. The molecule has 1 heterocycles. The van der Waals surface area contributed by atoms with E-state index in [9.17, 15) is 5.11 Å². The lowest BCUT2D eigenvalue weighted by Gasteiger charge is -2.09. The zero-order valence-corrected chi connectivity index (χ0v) is 8.95. The quantitative estimate of drug-likeness (QED) is 0.827. The molecule has 0 saturated heterocycles. The van der Waals surface area contributed by atoms with E-state index in [4.69, 9.17) is 5.73 Å². The average Bonchev–Trinajstić information content (AvgIpc) is 2.17. The van der Waals surface area contributed by atoms with Gasteiger partial charge in [0.05, 0.1) is 10.2 Å². The van der Waals surface area contributed by atoms with E-state index >= 15 is 0 Å². The minimum absolute atomic E-state index is 0.165. The van der Waals surface area contributed by atoms with Crippen LogP contribution in [-0.4, -0.2) is 21.6 Å². The van der Waals surface area contributed by atoms with Gasteiger partial charge in [-0.05, 0) is 15.9 Å². The summed E-state index contributed by atoms with van der Waals surface area (Å²) in [6, 6.07) is 0. The number of aryl methyl sites for hydroxylation is 1. The van der Waals surface area contributed by atoms with Crippen LogP contribution in [0.15, 0.2) is 10.7 Å². The lowest BCUT2D eigenvalue weighted by molar-refractivity contribution is 0.180. The Hall–Kier alpha value is -0.520. The maximum Gasteiger partial charge on any atom is 0.128 e. The fourth-order valence-corrected chi connectivity index (χ4v) is 1.39. The second-order valence-corrected chi connectivity index (χ2v) is 3.48. The Labute approximate surface area is 85.3 Å². The molecule has 0 bridgehead atoms. The zero-order chi connectivity index (χ0) is 9.84. The molecule has 0 aromatic carbocycles. The van der Waals surface area contributed by atoms with Gasteiger partial charge >= 0.3 is 0 Å². The fourth-order valence-electron chi connectivity index (χ4n) is 0.934. The molecule has 1 rings (SSSR count). The normalized spacial score (nSPS) is 12.9. The molecule has 1 atom stereocenters. The summed E-state index contributed by atoms with van der Waals surface area (Å²) in [7, 11) is 0. The van der Waals surface area contributed by atoms with Crippen molar-refractivity contribution in [3.63, 3.8) is 0 Å². The van der Waals surface area contributed by atoms with Gasteiger partial charge < -0.3 is 10.8 Å². The molecule has 0 amide bonds. The predicted molar refractivity (Wildman–Crippen MR) is 53.1 cm³/mol. The van der Waals surface area contributed by atoms with Crippen molar-refractivity contribution < 1.29 is 5.11 Å². The SMILES string of the molecule is CCc1ncc(Br)c(C(O)CN)n1. The maximum atomic E-state index is 9.48. The van der Waals surface area contributed by atoms with E-state index in [1.165, 1.54) is 0 Å². The summed E-state index contributed by atoms with van der Waals surface area (Å²) in [6.07, 6.45) is 1.67. The molecule has 0 aliphatic carbocycles. The van der Waals surface area contributed by atoms with Gasteiger partial charge in [-0.3, -0.25) is 0 Å². The Bertz CT molecular complexity index is 293. The highest BCUT2D eigenvalue weighted by molar-refractivity contribution is 9.10. The first kappa shape index (κ1) is 10.6. The topological polar surface area (TPSA) is 72.0 Å². The van der Waals surface area contributed by atoms with Crippen LogP contribution in [0.5, 0.6) is 0 Å². The predicted octanol–water partition coefficient (Wildman–Crippen LogP) is 0.794. The molecule has 0 aliphatic rings. The third kappa shape index (κ3) is 2.46. The first-order valence-electron chi connectivity index (χ1n) is 4.08. The van der Waals surface area contributed by atoms with Gasteiger partial charge in [0.25, 0.3) is 0 Å². The molecule has 13 heavy (non-hydrogen) atoms. The Balaban J connectivity index is 3.03. The maximum absolute atomic E-state index is 9.48. The van der Waals surface area contributed by atoms with Gasteiger partial charge in [0.15, 0.2) is 0 Å².